The lowest BCUT2D eigenvalue weighted by atomic mass is 9.97. The van der Waals surface area contributed by atoms with Gasteiger partial charge in [-0.05, 0) is 36.2 Å². The number of carbonyl (C=O) groups excluding carboxylic acids is 1. The summed E-state index contributed by atoms with van der Waals surface area (Å²) in [5.41, 5.74) is -2.62. The maximum Gasteiger partial charge on any atom is 0.417 e. The Bertz CT molecular complexity index is 1240. The molecule has 1 aromatic heterocycles. The second-order valence-corrected chi connectivity index (χ2v) is 8.57. The lowest BCUT2D eigenvalue weighted by molar-refractivity contribution is -0.136. The average Bonchev–Trinajstić information content (AvgIpc) is 2.63. The van der Waals surface area contributed by atoms with E-state index in [9.17, 15) is 22.8 Å². The highest BCUT2D eigenvalue weighted by atomic mass is 35.5. The van der Waals surface area contributed by atoms with Crippen molar-refractivity contribution in [3.8, 4) is 0 Å². The zero-order chi connectivity index (χ0) is 23.1. The van der Waals surface area contributed by atoms with Gasteiger partial charge in [0.2, 0.25) is 5.43 Å². The molecular weight excluding hydrogens is 476 g/mol. The van der Waals surface area contributed by atoms with Gasteiger partial charge in [0.25, 0.3) is 0 Å². The van der Waals surface area contributed by atoms with Crippen molar-refractivity contribution in [1.29, 1.82) is 0 Å². The number of fused-ring (bicyclic) bond motifs is 1. The van der Waals surface area contributed by atoms with Gasteiger partial charge < -0.3 is 10.3 Å². The number of hydrogen-bond acceptors (Lipinski definition) is 3. The Hall–Kier alpha value is -2.22. The first kappa shape index (κ1) is 23.4. The van der Waals surface area contributed by atoms with Crippen LogP contribution in [-0.4, -0.2) is 10.8 Å². The minimum absolute atomic E-state index is 0.0421. The number of alkyl halides is 3. The van der Waals surface area contributed by atoms with Crippen molar-refractivity contribution in [2.24, 2.45) is 5.92 Å². The molecule has 0 aliphatic rings. The Morgan fingerprint density at radius 2 is 1.77 bits per heavy atom. The van der Waals surface area contributed by atoms with Gasteiger partial charge in [-0.3, -0.25) is 9.59 Å². The van der Waals surface area contributed by atoms with Gasteiger partial charge in [0.05, 0.1) is 32.2 Å². The highest BCUT2D eigenvalue weighted by Gasteiger charge is 2.35. The highest BCUT2D eigenvalue weighted by molar-refractivity contribution is 6.36. The predicted octanol–water partition coefficient (Wildman–Crippen LogP) is 7.48. The first-order valence-electron chi connectivity index (χ1n) is 9.11. The van der Waals surface area contributed by atoms with Gasteiger partial charge in [-0.15, -0.1) is 0 Å². The van der Waals surface area contributed by atoms with Crippen molar-refractivity contribution in [2.75, 3.05) is 5.32 Å². The van der Waals surface area contributed by atoms with E-state index in [4.69, 9.17) is 34.8 Å². The molecule has 1 heterocycles. The Kier molecular flexibility index (Phi) is 6.60. The molecule has 3 aromatic rings. The lowest BCUT2D eigenvalue weighted by Gasteiger charge is -2.17. The van der Waals surface area contributed by atoms with E-state index < -0.39 is 33.9 Å². The van der Waals surface area contributed by atoms with Crippen LogP contribution in [0.4, 0.5) is 24.7 Å². The third-order valence-electron chi connectivity index (χ3n) is 4.48. The topological polar surface area (TPSA) is 62.0 Å². The number of carbonyl (C=O) groups is 1. The van der Waals surface area contributed by atoms with Crippen molar-refractivity contribution >= 4 is 63.0 Å². The minimum atomic E-state index is -4.82. The first-order chi connectivity index (χ1) is 14.4. The first-order valence-corrected chi connectivity index (χ1v) is 10.2. The van der Waals surface area contributed by atoms with Gasteiger partial charge in [-0.2, -0.15) is 13.2 Å². The van der Waals surface area contributed by atoms with Crippen molar-refractivity contribution < 1.29 is 18.0 Å². The summed E-state index contributed by atoms with van der Waals surface area (Å²) in [5, 5.41) is 2.58. The molecule has 0 unspecified atom stereocenters. The zero-order valence-electron chi connectivity index (χ0n) is 16.3. The van der Waals surface area contributed by atoms with E-state index in [1.165, 1.54) is 18.2 Å². The number of ketones is 1. The van der Waals surface area contributed by atoms with Gasteiger partial charge in [0.15, 0.2) is 5.78 Å². The molecule has 2 N–H and O–H groups in total. The standard InChI is InChI=1S/C21H16Cl3F3N2O2/c1-9(2)7-15(30)17-19(31)16-11(21(25,26)27)4-5-12(23)18(16)29-20(17)28-14-6-3-10(22)8-13(14)24/h3-6,8-9H,7H2,1-2H3,(H2,28,29,31). The molecular formula is C21H16Cl3F3N2O2. The van der Waals surface area contributed by atoms with E-state index in [2.05, 4.69) is 10.3 Å². The van der Waals surface area contributed by atoms with Gasteiger partial charge in [-0.25, -0.2) is 0 Å². The van der Waals surface area contributed by atoms with E-state index in [1.807, 2.05) is 0 Å². The Balaban J connectivity index is 2.36. The van der Waals surface area contributed by atoms with Gasteiger partial charge in [0.1, 0.15) is 11.4 Å². The molecule has 0 aliphatic carbocycles. The largest absolute Gasteiger partial charge is 0.417 e. The molecule has 3 rings (SSSR count). The molecule has 0 fully saturated rings. The van der Waals surface area contributed by atoms with Crippen molar-refractivity contribution in [1.82, 2.24) is 4.98 Å². The molecule has 0 saturated carbocycles. The number of nitrogens with one attached hydrogen (secondary N) is 2. The maximum absolute atomic E-state index is 13.6. The van der Waals surface area contributed by atoms with Crippen LogP contribution in [0.2, 0.25) is 15.1 Å². The summed E-state index contributed by atoms with van der Waals surface area (Å²) in [6.07, 6.45) is -4.86. The molecule has 4 nitrogen and oxygen atoms in total. The average molecular weight is 492 g/mol. The summed E-state index contributed by atoms with van der Waals surface area (Å²) in [6.45, 7) is 3.52. The third kappa shape index (κ3) is 4.84. The smallest absolute Gasteiger partial charge is 0.340 e. The van der Waals surface area contributed by atoms with E-state index in [1.54, 1.807) is 13.8 Å². The molecule has 164 valence electrons. The van der Waals surface area contributed by atoms with Crippen LogP contribution in [0.25, 0.3) is 10.9 Å². The molecule has 0 radical (unpaired) electrons. The van der Waals surface area contributed by atoms with Crippen LogP contribution in [0.5, 0.6) is 0 Å². The zero-order valence-corrected chi connectivity index (χ0v) is 18.5. The molecule has 0 bridgehead atoms. The Labute approximate surface area is 190 Å². The van der Waals surface area contributed by atoms with E-state index in [0.29, 0.717) is 10.7 Å². The molecule has 31 heavy (non-hydrogen) atoms. The fourth-order valence-electron chi connectivity index (χ4n) is 3.16. The number of H-pyrrole nitrogens is 1. The van der Waals surface area contributed by atoms with Crippen LogP contribution in [0.15, 0.2) is 35.1 Å². The second-order valence-electron chi connectivity index (χ2n) is 7.32. The molecule has 0 spiro atoms. The monoisotopic (exact) mass is 490 g/mol. The summed E-state index contributed by atoms with van der Waals surface area (Å²) >= 11 is 18.2. The molecule has 0 amide bonds. The number of rotatable bonds is 5. The number of anilines is 2. The van der Waals surface area contributed by atoms with Crippen LogP contribution in [0, 0.1) is 5.92 Å². The number of pyridine rings is 1. The Morgan fingerprint density at radius 3 is 2.35 bits per heavy atom. The van der Waals surface area contributed by atoms with Gasteiger partial charge >= 0.3 is 6.18 Å². The van der Waals surface area contributed by atoms with Crippen molar-refractivity contribution in [2.45, 2.75) is 26.4 Å². The van der Waals surface area contributed by atoms with Crippen LogP contribution >= 0.6 is 34.8 Å². The third-order valence-corrected chi connectivity index (χ3v) is 5.34. The van der Waals surface area contributed by atoms with E-state index in [-0.39, 0.29) is 33.7 Å². The number of Topliss-reactive ketones (excluding diaryl/α,β-unsaturated/α-hetero) is 1. The summed E-state index contributed by atoms with van der Waals surface area (Å²) in [7, 11) is 0. The van der Waals surface area contributed by atoms with Crippen molar-refractivity contribution in [3.05, 3.63) is 66.7 Å². The summed E-state index contributed by atoms with van der Waals surface area (Å²) in [4.78, 5) is 28.8. The normalized spacial score (nSPS) is 11.9. The molecule has 10 heteroatoms. The fourth-order valence-corrected chi connectivity index (χ4v) is 3.82. The molecule has 0 saturated heterocycles. The predicted molar refractivity (Wildman–Crippen MR) is 118 cm³/mol. The number of benzene rings is 2. The summed E-state index contributed by atoms with van der Waals surface area (Å²) < 4.78 is 40.8. The van der Waals surface area contributed by atoms with E-state index >= 15 is 0 Å². The van der Waals surface area contributed by atoms with Gasteiger partial charge in [-0.1, -0.05) is 48.7 Å². The van der Waals surface area contributed by atoms with Crippen LogP contribution in [-0.2, 0) is 6.18 Å². The number of aromatic nitrogens is 1. The number of hydrogen-bond donors (Lipinski definition) is 2. The van der Waals surface area contributed by atoms with Crippen LogP contribution < -0.4 is 10.7 Å². The summed E-state index contributed by atoms with van der Waals surface area (Å²) in [5.74, 6) is -0.844. The maximum atomic E-state index is 13.6. The fraction of sp³-hybridized carbons (Fsp3) is 0.238. The quantitative estimate of drug-likeness (QED) is 0.364. The molecule has 0 aliphatic heterocycles. The number of aromatic amines is 1. The molecule has 2 aromatic carbocycles. The highest BCUT2D eigenvalue weighted by Crippen LogP contribution is 2.37. The lowest BCUT2D eigenvalue weighted by Crippen LogP contribution is -2.23. The van der Waals surface area contributed by atoms with Crippen molar-refractivity contribution in [3.63, 3.8) is 0 Å². The van der Waals surface area contributed by atoms with Crippen LogP contribution in [0.3, 0.4) is 0 Å². The SMILES string of the molecule is CC(C)CC(=O)c1c(Nc2ccc(Cl)cc2Cl)[nH]c2c(Cl)ccc(C(F)(F)F)c2c1=O. The van der Waals surface area contributed by atoms with Gasteiger partial charge in [0, 0.05) is 11.4 Å². The molecule has 0 atom stereocenters. The Morgan fingerprint density at radius 1 is 1.10 bits per heavy atom. The minimum Gasteiger partial charge on any atom is -0.340 e. The second kappa shape index (κ2) is 8.73. The van der Waals surface area contributed by atoms with E-state index in [0.717, 1.165) is 12.1 Å². The number of halogens is 6. The summed E-state index contributed by atoms with van der Waals surface area (Å²) in [6, 6.07) is 6.24. The van der Waals surface area contributed by atoms with Crippen LogP contribution in [0.1, 0.15) is 36.2 Å².